The van der Waals surface area contributed by atoms with E-state index < -0.39 is 0 Å². The molecule has 0 heterocycles. The maximum Gasteiger partial charge on any atom is 0.134 e. The van der Waals surface area contributed by atoms with E-state index in [2.05, 4.69) is 45.0 Å². The summed E-state index contributed by atoms with van der Waals surface area (Å²) in [7, 11) is 0. The van der Waals surface area contributed by atoms with E-state index in [9.17, 15) is 5.11 Å². The van der Waals surface area contributed by atoms with Crippen molar-refractivity contribution in [2.75, 3.05) is 0 Å². The predicted octanol–water partition coefficient (Wildman–Crippen LogP) is 5.01. The highest BCUT2D eigenvalue weighted by molar-refractivity contribution is 6.32. The number of halogens is 1. The van der Waals surface area contributed by atoms with Crippen LogP contribution in [0.5, 0.6) is 5.75 Å². The Morgan fingerprint density at radius 2 is 1.44 bits per heavy atom. The zero-order valence-corrected chi connectivity index (χ0v) is 11.6. The van der Waals surface area contributed by atoms with Gasteiger partial charge in [-0.3, -0.25) is 0 Å². The zero-order valence-electron chi connectivity index (χ0n) is 10.9. The molecule has 0 unspecified atom stereocenters. The van der Waals surface area contributed by atoms with Gasteiger partial charge in [0.05, 0.1) is 5.02 Å². The van der Waals surface area contributed by atoms with Crippen LogP contribution < -0.4 is 0 Å². The normalized spacial score (nSPS) is 11.6. The number of rotatable bonds is 1. The smallest absolute Gasteiger partial charge is 0.134 e. The molecule has 0 aliphatic heterocycles. The Balaban J connectivity index is 2.37. The average molecular weight is 261 g/mol. The third-order valence-electron chi connectivity index (χ3n) is 3.03. The van der Waals surface area contributed by atoms with Crippen molar-refractivity contribution in [2.24, 2.45) is 0 Å². The molecule has 0 aromatic heterocycles. The molecule has 0 aliphatic rings. The lowest BCUT2D eigenvalue weighted by Crippen LogP contribution is -2.10. The Kier molecular flexibility index (Phi) is 3.36. The Morgan fingerprint density at radius 3 is 1.94 bits per heavy atom. The first kappa shape index (κ1) is 13.0. The summed E-state index contributed by atoms with van der Waals surface area (Å²) in [6, 6.07) is 13.7. The minimum atomic E-state index is 0.117. The molecular formula is C16H17ClO. The zero-order chi connectivity index (χ0) is 13.3. The highest BCUT2D eigenvalue weighted by atomic mass is 35.5. The van der Waals surface area contributed by atoms with Crippen molar-refractivity contribution < 1.29 is 5.11 Å². The molecule has 0 amide bonds. The SMILES string of the molecule is CC(C)(C)c1ccc(-c2ccc(O)c(Cl)c2)cc1. The molecule has 0 spiro atoms. The van der Waals surface area contributed by atoms with Gasteiger partial charge < -0.3 is 5.11 Å². The molecule has 0 radical (unpaired) electrons. The van der Waals surface area contributed by atoms with Crippen LogP contribution in [0.25, 0.3) is 11.1 Å². The van der Waals surface area contributed by atoms with Crippen LogP contribution in [0.15, 0.2) is 42.5 Å². The maximum absolute atomic E-state index is 9.41. The number of hydrogen-bond acceptors (Lipinski definition) is 1. The van der Waals surface area contributed by atoms with Gasteiger partial charge in [0.1, 0.15) is 5.75 Å². The first-order valence-electron chi connectivity index (χ1n) is 5.97. The first-order valence-corrected chi connectivity index (χ1v) is 6.35. The van der Waals surface area contributed by atoms with Crippen LogP contribution in [-0.2, 0) is 5.41 Å². The van der Waals surface area contributed by atoms with Crippen LogP contribution >= 0.6 is 11.6 Å². The Hall–Kier alpha value is -1.47. The van der Waals surface area contributed by atoms with Crippen LogP contribution in [0.1, 0.15) is 26.3 Å². The molecule has 0 saturated heterocycles. The van der Waals surface area contributed by atoms with Crippen molar-refractivity contribution in [3.05, 3.63) is 53.1 Å². The molecule has 0 aliphatic carbocycles. The van der Waals surface area contributed by atoms with Crippen molar-refractivity contribution in [3.8, 4) is 16.9 Å². The van der Waals surface area contributed by atoms with E-state index in [0.29, 0.717) is 5.02 Å². The van der Waals surface area contributed by atoms with E-state index in [1.54, 1.807) is 12.1 Å². The fourth-order valence-corrected chi connectivity index (χ4v) is 2.03. The third-order valence-corrected chi connectivity index (χ3v) is 3.33. The van der Waals surface area contributed by atoms with Gasteiger partial charge in [-0.2, -0.15) is 0 Å². The summed E-state index contributed by atoms with van der Waals surface area (Å²) in [6.07, 6.45) is 0. The lowest BCUT2D eigenvalue weighted by molar-refractivity contribution is 0.475. The summed E-state index contributed by atoms with van der Waals surface area (Å²) >= 11 is 5.92. The van der Waals surface area contributed by atoms with Gasteiger partial charge in [-0.1, -0.05) is 62.7 Å². The van der Waals surface area contributed by atoms with Crippen molar-refractivity contribution in [2.45, 2.75) is 26.2 Å². The van der Waals surface area contributed by atoms with Crippen LogP contribution in [-0.4, -0.2) is 5.11 Å². The van der Waals surface area contributed by atoms with Gasteiger partial charge in [-0.15, -0.1) is 0 Å². The predicted molar refractivity (Wildman–Crippen MR) is 77.3 cm³/mol. The van der Waals surface area contributed by atoms with E-state index in [4.69, 9.17) is 11.6 Å². The largest absolute Gasteiger partial charge is 0.506 e. The van der Waals surface area contributed by atoms with Gasteiger partial charge in [0.2, 0.25) is 0 Å². The molecule has 0 saturated carbocycles. The second-order valence-corrected chi connectivity index (χ2v) is 5.90. The number of benzene rings is 2. The van der Waals surface area contributed by atoms with Crippen molar-refractivity contribution >= 4 is 11.6 Å². The van der Waals surface area contributed by atoms with Crippen molar-refractivity contribution in [1.82, 2.24) is 0 Å². The van der Waals surface area contributed by atoms with Crippen LogP contribution in [0.2, 0.25) is 5.02 Å². The summed E-state index contributed by atoms with van der Waals surface area (Å²) in [5.74, 6) is 0.117. The second-order valence-electron chi connectivity index (χ2n) is 5.49. The number of aromatic hydroxyl groups is 1. The summed E-state index contributed by atoms with van der Waals surface area (Å²) in [4.78, 5) is 0. The molecular weight excluding hydrogens is 244 g/mol. The van der Waals surface area contributed by atoms with E-state index >= 15 is 0 Å². The standard InChI is InChI=1S/C16H17ClO/c1-16(2,3)13-7-4-11(5-8-13)12-6-9-15(18)14(17)10-12/h4-10,18H,1-3H3. The lowest BCUT2D eigenvalue weighted by atomic mass is 9.86. The topological polar surface area (TPSA) is 20.2 Å². The Bertz CT molecular complexity index is 550. The van der Waals surface area contributed by atoms with E-state index in [0.717, 1.165) is 11.1 Å². The van der Waals surface area contributed by atoms with E-state index in [1.165, 1.54) is 5.56 Å². The fraction of sp³-hybridized carbons (Fsp3) is 0.250. The van der Waals surface area contributed by atoms with Gasteiger partial charge in [0.25, 0.3) is 0 Å². The quantitative estimate of drug-likeness (QED) is 0.764. The number of hydrogen-bond donors (Lipinski definition) is 1. The maximum atomic E-state index is 9.41. The van der Waals surface area contributed by atoms with Crippen LogP contribution in [0.4, 0.5) is 0 Å². The van der Waals surface area contributed by atoms with Gasteiger partial charge in [-0.05, 0) is 34.2 Å². The van der Waals surface area contributed by atoms with Crippen molar-refractivity contribution in [3.63, 3.8) is 0 Å². The van der Waals surface area contributed by atoms with Gasteiger partial charge in [0, 0.05) is 0 Å². The molecule has 1 nitrogen and oxygen atoms in total. The monoisotopic (exact) mass is 260 g/mol. The summed E-state index contributed by atoms with van der Waals surface area (Å²) < 4.78 is 0. The van der Waals surface area contributed by atoms with Crippen LogP contribution in [0, 0.1) is 0 Å². The molecule has 2 aromatic rings. The van der Waals surface area contributed by atoms with E-state index in [1.807, 2.05) is 6.07 Å². The summed E-state index contributed by atoms with van der Waals surface area (Å²) in [5, 5.41) is 9.79. The number of phenolic OH excluding ortho intramolecular Hbond substituents is 1. The van der Waals surface area contributed by atoms with Gasteiger partial charge in [0.15, 0.2) is 0 Å². The Morgan fingerprint density at radius 1 is 0.889 bits per heavy atom. The summed E-state index contributed by atoms with van der Waals surface area (Å²) in [5.41, 5.74) is 3.57. The molecule has 2 aromatic carbocycles. The molecule has 0 bridgehead atoms. The van der Waals surface area contributed by atoms with Gasteiger partial charge >= 0.3 is 0 Å². The Labute approximate surface area is 113 Å². The molecule has 0 fully saturated rings. The highest BCUT2D eigenvalue weighted by Gasteiger charge is 2.13. The summed E-state index contributed by atoms with van der Waals surface area (Å²) in [6.45, 7) is 6.58. The molecule has 1 N–H and O–H groups in total. The fourth-order valence-electron chi connectivity index (χ4n) is 1.85. The second kappa shape index (κ2) is 4.66. The molecule has 94 valence electrons. The minimum absolute atomic E-state index is 0.117. The average Bonchev–Trinajstić information content (AvgIpc) is 2.32. The van der Waals surface area contributed by atoms with Crippen LogP contribution in [0.3, 0.4) is 0 Å². The molecule has 2 rings (SSSR count). The van der Waals surface area contributed by atoms with E-state index in [-0.39, 0.29) is 11.2 Å². The van der Waals surface area contributed by atoms with Crippen molar-refractivity contribution in [1.29, 1.82) is 0 Å². The minimum Gasteiger partial charge on any atom is -0.506 e. The number of phenols is 1. The molecule has 0 atom stereocenters. The lowest BCUT2D eigenvalue weighted by Gasteiger charge is -2.19. The highest BCUT2D eigenvalue weighted by Crippen LogP contribution is 2.30. The third kappa shape index (κ3) is 2.68. The van der Waals surface area contributed by atoms with Gasteiger partial charge in [-0.25, -0.2) is 0 Å². The molecule has 18 heavy (non-hydrogen) atoms. The molecule has 2 heteroatoms. The first-order chi connectivity index (χ1) is 8.38.